The highest BCUT2D eigenvalue weighted by Crippen LogP contribution is 2.16. The van der Waals surface area contributed by atoms with E-state index >= 15 is 0 Å². The summed E-state index contributed by atoms with van der Waals surface area (Å²) in [5.74, 6) is -0.128. The second-order valence-electron chi connectivity index (χ2n) is 18.5. The van der Waals surface area contributed by atoms with Crippen LogP contribution >= 0.6 is 0 Å². The average molecular weight is 884 g/mol. The molecular formula is C57H105NO5. The van der Waals surface area contributed by atoms with Crippen LogP contribution in [0.15, 0.2) is 48.6 Å². The van der Waals surface area contributed by atoms with Crippen LogP contribution in [0, 0.1) is 0 Å². The second kappa shape index (κ2) is 52.4. The van der Waals surface area contributed by atoms with Crippen LogP contribution in [0.2, 0.25) is 0 Å². The van der Waals surface area contributed by atoms with Crippen molar-refractivity contribution < 1.29 is 24.5 Å². The van der Waals surface area contributed by atoms with Crippen LogP contribution in [-0.2, 0) is 14.3 Å². The molecule has 0 aliphatic heterocycles. The Labute approximate surface area is 391 Å². The third-order valence-corrected chi connectivity index (χ3v) is 12.3. The summed E-state index contributed by atoms with van der Waals surface area (Å²) in [6.07, 6.45) is 65.5. The smallest absolute Gasteiger partial charge is 0.305 e. The van der Waals surface area contributed by atoms with Crippen LogP contribution in [-0.4, -0.2) is 47.4 Å². The molecule has 3 N–H and O–H groups in total. The molecule has 0 aliphatic carbocycles. The molecule has 0 aliphatic rings. The quantitative estimate of drug-likeness (QED) is 0.0321. The number of nitrogens with one attached hydrogen (secondary N) is 1. The van der Waals surface area contributed by atoms with Gasteiger partial charge < -0.3 is 20.3 Å². The minimum absolute atomic E-state index is 0.0298. The summed E-state index contributed by atoms with van der Waals surface area (Å²) < 4.78 is 5.44. The number of carbonyl (C=O) groups excluding carboxylic acids is 2. The van der Waals surface area contributed by atoms with Crippen molar-refractivity contribution in [3.63, 3.8) is 0 Å². The highest BCUT2D eigenvalue weighted by atomic mass is 16.5. The third kappa shape index (κ3) is 49.1. The Morgan fingerprint density at radius 1 is 0.444 bits per heavy atom. The number of rotatable bonds is 50. The van der Waals surface area contributed by atoms with Crippen LogP contribution in [0.25, 0.3) is 0 Å². The van der Waals surface area contributed by atoms with E-state index in [0.29, 0.717) is 19.4 Å². The molecule has 0 bridgehead atoms. The standard InChI is InChI=1S/C57H105NO5/c1-3-5-7-9-11-13-15-17-18-19-20-21-22-23-26-29-33-37-41-45-49-55(60)54(53-59)58-56(61)50-46-42-38-34-30-27-24-28-32-36-40-44-48-52-63-57(62)51-47-43-39-35-31-25-16-14-12-10-8-6-4-2/h8,10,14,16,27,30,45,49,54-55,59-60H,3-7,9,11-13,15,17-26,28-29,31-44,46-48,50-53H2,1-2H3,(H,58,61)/b10-8-,16-14-,30-27-,49-45+. The first-order valence-electron chi connectivity index (χ1n) is 27.4. The molecule has 0 radical (unpaired) electrons. The Morgan fingerprint density at radius 2 is 0.825 bits per heavy atom. The van der Waals surface area contributed by atoms with E-state index in [4.69, 9.17) is 4.74 Å². The van der Waals surface area contributed by atoms with Crippen LogP contribution in [0.5, 0.6) is 0 Å². The van der Waals surface area contributed by atoms with Gasteiger partial charge in [-0.15, -0.1) is 0 Å². The number of carbonyl (C=O) groups is 2. The minimum atomic E-state index is -0.864. The van der Waals surface area contributed by atoms with Crippen LogP contribution < -0.4 is 5.32 Å². The van der Waals surface area contributed by atoms with Crippen molar-refractivity contribution in [3.8, 4) is 0 Å². The number of allylic oxidation sites excluding steroid dienone is 7. The molecule has 368 valence electrons. The molecule has 6 nitrogen and oxygen atoms in total. The number of aliphatic hydroxyl groups excluding tert-OH is 2. The largest absolute Gasteiger partial charge is 0.466 e. The molecular weight excluding hydrogens is 779 g/mol. The van der Waals surface area contributed by atoms with Gasteiger partial charge in [0.25, 0.3) is 0 Å². The molecule has 0 saturated heterocycles. The maximum atomic E-state index is 12.5. The molecule has 63 heavy (non-hydrogen) atoms. The predicted molar refractivity (Wildman–Crippen MR) is 273 cm³/mol. The number of amides is 1. The highest BCUT2D eigenvalue weighted by Gasteiger charge is 2.18. The van der Waals surface area contributed by atoms with Gasteiger partial charge in [-0.2, -0.15) is 0 Å². The molecule has 0 aromatic heterocycles. The van der Waals surface area contributed by atoms with Crippen molar-refractivity contribution in [1.29, 1.82) is 0 Å². The Bertz CT molecular complexity index is 1070. The molecule has 6 heteroatoms. The zero-order valence-corrected chi connectivity index (χ0v) is 41.8. The fourth-order valence-corrected chi connectivity index (χ4v) is 8.08. The second-order valence-corrected chi connectivity index (χ2v) is 18.5. The molecule has 0 aromatic carbocycles. The lowest BCUT2D eigenvalue weighted by Crippen LogP contribution is -2.45. The van der Waals surface area contributed by atoms with Crippen molar-refractivity contribution in [1.82, 2.24) is 5.32 Å². The molecule has 0 saturated carbocycles. The van der Waals surface area contributed by atoms with E-state index in [2.05, 4.69) is 55.6 Å². The summed E-state index contributed by atoms with van der Waals surface area (Å²) in [6.45, 7) is 4.79. The molecule has 0 fully saturated rings. The fourth-order valence-electron chi connectivity index (χ4n) is 8.08. The zero-order valence-electron chi connectivity index (χ0n) is 41.8. The molecule has 1 amide bonds. The van der Waals surface area contributed by atoms with Gasteiger partial charge in [0.05, 0.1) is 25.4 Å². The summed E-state index contributed by atoms with van der Waals surface area (Å²) in [6, 6.07) is -0.650. The summed E-state index contributed by atoms with van der Waals surface area (Å²) in [7, 11) is 0. The van der Waals surface area contributed by atoms with Crippen LogP contribution in [0.4, 0.5) is 0 Å². The van der Waals surface area contributed by atoms with Crippen molar-refractivity contribution in [3.05, 3.63) is 48.6 Å². The first kappa shape index (κ1) is 60.8. The molecule has 0 heterocycles. The Kier molecular flexibility index (Phi) is 50.6. The van der Waals surface area contributed by atoms with Crippen LogP contribution in [0.3, 0.4) is 0 Å². The first-order valence-corrected chi connectivity index (χ1v) is 27.4. The van der Waals surface area contributed by atoms with Crippen LogP contribution in [0.1, 0.15) is 277 Å². The summed E-state index contributed by atoms with van der Waals surface area (Å²) >= 11 is 0. The summed E-state index contributed by atoms with van der Waals surface area (Å²) in [5, 5.41) is 23.1. The van der Waals surface area contributed by atoms with Gasteiger partial charge in [0, 0.05) is 12.8 Å². The molecule has 2 unspecified atom stereocenters. The predicted octanol–water partition coefficient (Wildman–Crippen LogP) is 16.6. The summed E-state index contributed by atoms with van der Waals surface area (Å²) in [5.41, 5.74) is 0. The normalized spacial score (nSPS) is 13.0. The van der Waals surface area contributed by atoms with E-state index in [1.165, 1.54) is 167 Å². The van der Waals surface area contributed by atoms with Crippen molar-refractivity contribution in [2.24, 2.45) is 0 Å². The first-order chi connectivity index (χ1) is 31.0. The number of unbranched alkanes of at least 4 members (excludes halogenated alkanes) is 33. The van der Waals surface area contributed by atoms with Crippen molar-refractivity contribution in [2.75, 3.05) is 13.2 Å². The Hall–Kier alpha value is -2.18. The lowest BCUT2D eigenvalue weighted by Gasteiger charge is -2.19. The lowest BCUT2D eigenvalue weighted by molar-refractivity contribution is -0.143. The Balaban J connectivity index is 3.55. The van der Waals surface area contributed by atoms with E-state index in [9.17, 15) is 19.8 Å². The number of aliphatic hydroxyl groups is 2. The van der Waals surface area contributed by atoms with Gasteiger partial charge in [0.15, 0.2) is 0 Å². The fraction of sp³-hybridized carbons (Fsp3) is 0.825. The van der Waals surface area contributed by atoms with Crippen molar-refractivity contribution >= 4 is 11.9 Å². The molecule has 2 atom stereocenters. The topological polar surface area (TPSA) is 95.9 Å². The average Bonchev–Trinajstić information content (AvgIpc) is 3.28. The van der Waals surface area contributed by atoms with Gasteiger partial charge in [0.1, 0.15) is 0 Å². The summed E-state index contributed by atoms with van der Waals surface area (Å²) in [4.78, 5) is 24.5. The number of hydrogen-bond acceptors (Lipinski definition) is 5. The van der Waals surface area contributed by atoms with Gasteiger partial charge in [-0.3, -0.25) is 9.59 Å². The highest BCUT2D eigenvalue weighted by molar-refractivity contribution is 5.76. The van der Waals surface area contributed by atoms with Gasteiger partial charge in [-0.1, -0.05) is 229 Å². The molecule has 0 spiro atoms. The van der Waals surface area contributed by atoms with Gasteiger partial charge in [-0.05, 0) is 83.5 Å². The molecule has 0 rings (SSSR count). The minimum Gasteiger partial charge on any atom is -0.466 e. The van der Waals surface area contributed by atoms with Gasteiger partial charge >= 0.3 is 5.97 Å². The maximum absolute atomic E-state index is 12.5. The number of ether oxygens (including phenoxy) is 1. The SMILES string of the molecule is CCC/C=C\C/C=C\CCCCCCCC(=O)OCCCCCCCC/C=C\CCCCCC(=O)NC(CO)C(O)/C=C/CCCCCCCCCCCCCCCCCCCC. The van der Waals surface area contributed by atoms with E-state index < -0.39 is 12.1 Å². The zero-order chi connectivity index (χ0) is 45.8. The molecule has 0 aromatic rings. The number of hydrogen-bond donors (Lipinski definition) is 3. The van der Waals surface area contributed by atoms with Gasteiger partial charge in [-0.25, -0.2) is 0 Å². The van der Waals surface area contributed by atoms with E-state index in [-0.39, 0.29) is 18.5 Å². The van der Waals surface area contributed by atoms with Crippen molar-refractivity contribution in [2.45, 2.75) is 289 Å². The number of esters is 1. The lowest BCUT2D eigenvalue weighted by atomic mass is 10.0. The third-order valence-electron chi connectivity index (χ3n) is 12.3. The van der Waals surface area contributed by atoms with Gasteiger partial charge in [0.2, 0.25) is 5.91 Å². The Morgan fingerprint density at radius 3 is 1.30 bits per heavy atom. The maximum Gasteiger partial charge on any atom is 0.305 e. The van der Waals surface area contributed by atoms with E-state index in [1.807, 2.05) is 6.08 Å². The van der Waals surface area contributed by atoms with E-state index in [0.717, 1.165) is 83.5 Å². The monoisotopic (exact) mass is 884 g/mol. The van der Waals surface area contributed by atoms with E-state index in [1.54, 1.807) is 6.08 Å².